The summed E-state index contributed by atoms with van der Waals surface area (Å²) in [6.07, 6.45) is 8.79. The van der Waals surface area contributed by atoms with Gasteiger partial charge in [0, 0.05) is 0 Å². The zero-order chi connectivity index (χ0) is 10.4. The maximum Gasteiger partial charge on any atom is 0.0574 e. The largest absolute Gasteiger partial charge is 0.393 e. The van der Waals surface area contributed by atoms with E-state index in [4.69, 9.17) is 0 Å². The maximum absolute atomic E-state index is 10.1. The number of rotatable bonds is 0. The highest BCUT2D eigenvalue weighted by Gasteiger charge is 2.67. The second-order valence-corrected chi connectivity index (χ2v) is 7.44. The third-order valence-electron chi connectivity index (χ3n) is 7.35. The van der Waals surface area contributed by atoms with Gasteiger partial charge in [-0.25, -0.2) is 0 Å². The molecule has 0 heterocycles. The van der Waals surface area contributed by atoms with Gasteiger partial charge in [0.15, 0.2) is 0 Å². The van der Waals surface area contributed by atoms with E-state index in [1.54, 1.807) is 12.8 Å². The Hall–Kier alpha value is -0.0400. The van der Waals surface area contributed by atoms with Gasteiger partial charge in [0.25, 0.3) is 0 Å². The Bertz CT molecular complexity index is 338. The lowest BCUT2D eigenvalue weighted by molar-refractivity contribution is -0.000102. The quantitative estimate of drug-likeness (QED) is 0.620. The highest BCUT2D eigenvalue weighted by atomic mass is 16.3. The molecule has 0 aliphatic heterocycles. The van der Waals surface area contributed by atoms with E-state index in [1.807, 2.05) is 0 Å². The number of fused-ring (bicyclic) bond motifs is 12. The fourth-order valence-electron chi connectivity index (χ4n) is 7.28. The molecular weight excluding hydrogens is 196 g/mol. The summed E-state index contributed by atoms with van der Waals surface area (Å²) in [5, 5.41) is 10.1. The molecule has 4 bridgehead atoms. The minimum atomic E-state index is 0.0884. The van der Waals surface area contributed by atoms with Crippen LogP contribution in [0.5, 0.6) is 0 Å². The van der Waals surface area contributed by atoms with Crippen molar-refractivity contribution in [2.24, 2.45) is 47.3 Å². The Balaban J connectivity index is 1.57. The van der Waals surface area contributed by atoms with Gasteiger partial charge in [0.1, 0.15) is 0 Å². The fraction of sp³-hybridized carbons (Fsp3) is 1.00. The summed E-state index contributed by atoms with van der Waals surface area (Å²) in [4.78, 5) is 0. The minimum absolute atomic E-state index is 0.0884. The molecule has 0 radical (unpaired) electrons. The summed E-state index contributed by atoms with van der Waals surface area (Å²) in [7, 11) is 0. The molecule has 0 aromatic heterocycles. The van der Waals surface area contributed by atoms with Gasteiger partial charge in [-0.05, 0) is 79.4 Å². The highest BCUT2D eigenvalue weighted by Crippen LogP contribution is 2.72. The van der Waals surface area contributed by atoms with Gasteiger partial charge in [0.2, 0.25) is 0 Å². The van der Waals surface area contributed by atoms with Crippen molar-refractivity contribution in [2.45, 2.75) is 44.6 Å². The smallest absolute Gasteiger partial charge is 0.0574 e. The number of hydrogen-bond acceptors (Lipinski definition) is 1. The molecule has 5 saturated carbocycles. The van der Waals surface area contributed by atoms with Crippen LogP contribution in [0.4, 0.5) is 0 Å². The Morgan fingerprint density at radius 1 is 0.688 bits per heavy atom. The van der Waals surface area contributed by atoms with E-state index in [9.17, 15) is 5.11 Å². The third kappa shape index (κ3) is 0.805. The average molecular weight is 218 g/mol. The Labute approximate surface area is 97.6 Å². The van der Waals surface area contributed by atoms with Crippen LogP contribution in [0.1, 0.15) is 38.5 Å². The molecule has 5 aliphatic carbocycles. The standard InChI is InChI=1S/C15H22O/c16-13-5-7-4-12(13)15-11-6-10(14(7)15)8-2-1-3-9(8)11/h7-16H,1-6H2/t7-,8-,9+,10+,11-,12+,13+,14+,15+/m1/s1. The molecule has 88 valence electrons. The lowest BCUT2D eigenvalue weighted by Gasteiger charge is -2.42. The number of aliphatic hydroxyl groups is 1. The first kappa shape index (κ1) is 8.97. The molecule has 9 atom stereocenters. The van der Waals surface area contributed by atoms with Crippen molar-refractivity contribution >= 4 is 0 Å². The lowest BCUT2D eigenvalue weighted by atomic mass is 9.64. The van der Waals surface area contributed by atoms with Crippen molar-refractivity contribution in [1.29, 1.82) is 0 Å². The Morgan fingerprint density at radius 2 is 1.44 bits per heavy atom. The van der Waals surface area contributed by atoms with Gasteiger partial charge in [-0.2, -0.15) is 0 Å². The van der Waals surface area contributed by atoms with Crippen molar-refractivity contribution < 1.29 is 5.11 Å². The summed E-state index contributed by atoms with van der Waals surface area (Å²) in [6, 6.07) is 0. The van der Waals surface area contributed by atoms with E-state index >= 15 is 0 Å². The maximum atomic E-state index is 10.1. The van der Waals surface area contributed by atoms with Crippen LogP contribution in [0.3, 0.4) is 0 Å². The van der Waals surface area contributed by atoms with Crippen molar-refractivity contribution in [2.75, 3.05) is 0 Å². The SMILES string of the molecule is O[C@H]1C[C@H]2C[C@@H]1[C@@H]1[C@@H]3C[C@@H]([C@@H]4CCC[C@@H]43)[C@H]21. The Kier molecular flexibility index (Phi) is 1.50. The highest BCUT2D eigenvalue weighted by molar-refractivity contribution is 5.15. The molecule has 1 heteroatoms. The molecule has 0 unspecified atom stereocenters. The van der Waals surface area contributed by atoms with E-state index in [0.29, 0.717) is 0 Å². The first-order chi connectivity index (χ1) is 7.84. The van der Waals surface area contributed by atoms with E-state index in [0.717, 1.165) is 53.8 Å². The van der Waals surface area contributed by atoms with Gasteiger partial charge in [-0.1, -0.05) is 6.42 Å². The molecule has 0 saturated heterocycles. The van der Waals surface area contributed by atoms with Crippen LogP contribution >= 0.6 is 0 Å². The lowest BCUT2D eigenvalue weighted by Crippen LogP contribution is -2.40. The molecule has 0 amide bonds. The topological polar surface area (TPSA) is 20.2 Å². The summed E-state index contributed by atoms with van der Waals surface area (Å²) < 4.78 is 0. The van der Waals surface area contributed by atoms with E-state index in [-0.39, 0.29) is 6.10 Å². The normalized spacial score (nSPS) is 69.9. The summed E-state index contributed by atoms with van der Waals surface area (Å²) in [6.45, 7) is 0. The first-order valence-corrected chi connectivity index (χ1v) is 7.52. The van der Waals surface area contributed by atoms with Crippen molar-refractivity contribution in [3.8, 4) is 0 Å². The molecule has 5 aliphatic rings. The summed E-state index contributed by atoms with van der Waals surface area (Å²) in [5.74, 6) is 8.07. The van der Waals surface area contributed by atoms with Gasteiger partial charge in [-0.3, -0.25) is 0 Å². The van der Waals surface area contributed by atoms with Gasteiger partial charge in [-0.15, -0.1) is 0 Å². The van der Waals surface area contributed by atoms with E-state index < -0.39 is 0 Å². The van der Waals surface area contributed by atoms with E-state index in [2.05, 4.69) is 0 Å². The van der Waals surface area contributed by atoms with Gasteiger partial charge >= 0.3 is 0 Å². The van der Waals surface area contributed by atoms with Crippen molar-refractivity contribution in [3.63, 3.8) is 0 Å². The van der Waals surface area contributed by atoms with Crippen LogP contribution in [0.2, 0.25) is 0 Å². The zero-order valence-electron chi connectivity index (χ0n) is 9.89. The molecular formula is C15H22O. The molecule has 0 aromatic carbocycles. The van der Waals surface area contributed by atoms with Gasteiger partial charge < -0.3 is 5.11 Å². The molecule has 5 rings (SSSR count). The van der Waals surface area contributed by atoms with Crippen LogP contribution in [-0.2, 0) is 0 Å². The monoisotopic (exact) mass is 218 g/mol. The predicted molar refractivity (Wildman–Crippen MR) is 61.6 cm³/mol. The van der Waals surface area contributed by atoms with Crippen LogP contribution in [0.15, 0.2) is 0 Å². The third-order valence-corrected chi connectivity index (χ3v) is 7.35. The zero-order valence-corrected chi connectivity index (χ0v) is 9.89. The van der Waals surface area contributed by atoms with Gasteiger partial charge in [0.05, 0.1) is 6.10 Å². The predicted octanol–water partition coefficient (Wildman–Crippen LogP) is 2.69. The van der Waals surface area contributed by atoms with E-state index in [1.165, 1.54) is 19.3 Å². The molecule has 5 fully saturated rings. The fourth-order valence-corrected chi connectivity index (χ4v) is 7.28. The number of hydrogen-bond donors (Lipinski definition) is 1. The van der Waals surface area contributed by atoms with Crippen molar-refractivity contribution in [3.05, 3.63) is 0 Å². The molecule has 0 spiro atoms. The average Bonchev–Trinajstić information content (AvgIpc) is 2.99. The molecule has 16 heavy (non-hydrogen) atoms. The first-order valence-electron chi connectivity index (χ1n) is 7.52. The van der Waals surface area contributed by atoms with Crippen LogP contribution < -0.4 is 0 Å². The van der Waals surface area contributed by atoms with Crippen LogP contribution in [0.25, 0.3) is 0 Å². The van der Waals surface area contributed by atoms with Crippen molar-refractivity contribution in [1.82, 2.24) is 0 Å². The van der Waals surface area contributed by atoms with Crippen LogP contribution in [-0.4, -0.2) is 11.2 Å². The Morgan fingerprint density at radius 3 is 2.25 bits per heavy atom. The molecule has 1 nitrogen and oxygen atoms in total. The second-order valence-electron chi connectivity index (χ2n) is 7.44. The number of aliphatic hydroxyl groups excluding tert-OH is 1. The minimum Gasteiger partial charge on any atom is -0.393 e. The summed E-state index contributed by atoms with van der Waals surface area (Å²) >= 11 is 0. The molecule has 0 aromatic rings. The van der Waals surface area contributed by atoms with Crippen LogP contribution in [0, 0.1) is 47.3 Å². The second kappa shape index (κ2) is 2.68. The summed E-state index contributed by atoms with van der Waals surface area (Å²) in [5.41, 5.74) is 0. The molecule has 1 N–H and O–H groups in total.